The summed E-state index contributed by atoms with van der Waals surface area (Å²) in [5.74, 6) is -2.05. The highest BCUT2D eigenvalue weighted by Crippen LogP contribution is 2.33. The van der Waals surface area contributed by atoms with Crippen molar-refractivity contribution in [2.45, 2.75) is 18.9 Å². The van der Waals surface area contributed by atoms with Crippen LogP contribution in [-0.4, -0.2) is 0 Å². The molecular formula is C15H12Cl2F3N. The van der Waals surface area contributed by atoms with Crippen molar-refractivity contribution in [2.24, 2.45) is 5.73 Å². The molecule has 21 heavy (non-hydrogen) atoms. The van der Waals surface area contributed by atoms with Crippen LogP contribution in [0.5, 0.6) is 0 Å². The first-order valence-electron chi connectivity index (χ1n) is 6.08. The molecule has 0 aliphatic heterocycles. The van der Waals surface area contributed by atoms with Gasteiger partial charge in [0.25, 0.3) is 0 Å². The van der Waals surface area contributed by atoms with E-state index in [1.54, 1.807) is 6.92 Å². The van der Waals surface area contributed by atoms with Gasteiger partial charge in [-0.1, -0.05) is 29.3 Å². The number of benzene rings is 2. The molecule has 0 radical (unpaired) electrons. The minimum atomic E-state index is -1.14. The minimum absolute atomic E-state index is 0.0277. The average molecular weight is 334 g/mol. The van der Waals surface area contributed by atoms with E-state index in [1.165, 1.54) is 12.1 Å². The van der Waals surface area contributed by atoms with Gasteiger partial charge in [-0.25, -0.2) is 13.2 Å². The Hall–Kier alpha value is -1.23. The van der Waals surface area contributed by atoms with E-state index < -0.39 is 23.0 Å². The highest BCUT2D eigenvalue weighted by molar-refractivity contribution is 6.35. The van der Waals surface area contributed by atoms with Gasteiger partial charge >= 0.3 is 0 Å². The zero-order valence-electron chi connectivity index (χ0n) is 11.1. The molecule has 0 bridgehead atoms. The lowest BCUT2D eigenvalue weighted by Crippen LogP contribution is -2.36. The van der Waals surface area contributed by atoms with Crippen LogP contribution in [0.25, 0.3) is 0 Å². The number of halogens is 5. The molecule has 0 saturated carbocycles. The van der Waals surface area contributed by atoms with E-state index in [9.17, 15) is 13.2 Å². The maximum Gasteiger partial charge on any atom is 0.142 e. The van der Waals surface area contributed by atoms with Gasteiger partial charge in [0.2, 0.25) is 0 Å². The fourth-order valence-electron chi connectivity index (χ4n) is 2.12. The van der Waals surface area contributed by atoms with Crippen molar-refractivity contribution in [2.75, 3.05) is 0 Å². The molecule has 0 aliphatic carbocycles. The van der Waals surface area contributed by atoms with Crippen molar-refractivity contribution in [1.29, 1.82) is 0 Å². The molecule has 1 atom stereocenters. The summed E-state index contributed by atoms with van der Waals surface area (Å²) in [5.41, 5.74) is 5.52. The molecule has 1 nitrogen and oxygen atoms in total. The van der Waals surface area contributed by atoms with Crippen molar-refractivity contribution in [1.82, 2.24) is 0 Å². The molecule has 112 valence electrons. The zero-order chi connectivity index (χ0) is 15.8. The molecule has 0 aliphatic rings. The van der Waals surface area contributed by atoms with Gasteiger partial charge in [0.15, 0.2) is 0 Å². The third kappa shape index (κ3) is 3.51. The van der Waals surface area contributed by atoms with Crippen molar-refractivity contribution in [3.8, 4) is 0 Å². The lowest BCUT2D eigenvalue weighted by atomic mass is 9.86. The summed E-state index contributed by atoms with van der Waals surface area (Å²) in [6.07, 6.45) is 0.0277. The van der Waals surface area contributed by atoms with Gasteiger partial charge < -0.3 is 5.73 Å². The monoisotopic (exact) mass is 333 g/mol. The summed E-state index contributed by atoms with van der Waals surface area (Å²) in [5, 5.41) is 0.0708. The van der Waals surface area contributed by atoms with Crippen LogP contribution in [0.1, 0.15) is 18.1 Å². The second-order valence-corrected chi connectivity index (χ2v) is 5.89. The molecule has 6 heteroatoms. The highest BCUT2D eigenvalue weighted by atomic mass is 35.5. The normalized spacial score (nSPS) is 14.0. The van der Waals surface area contributed by atoms with Gasteiger partial charge in [0.05, 0.1) is 5.02 Å². The summed E-state index contributed by atoms with van der Waals surface area (Å²) >= 11 is 11.7. The number of nitrogens with two attached hydrogens (primary N) is 1. The second-order valence-electron chi connectivity index (χ2n) is 5.08. The fraction of sp³-hybridized carbons (Fsp3) is 0.200. The lowest BCUT2D eigenvalue weighted by Gasteiger charge is -2.27. The van der Waals surface area contributed by atoms with Crippen LogP contribution in [-0.2, 0) is 12.0 Å². The average Bonchev–Trinajstić information content (AvgIpc) is 2.37. The Kier molecular flexibility index (Phi) is 4.51. The molecular weight excluding hydrogens is 322 g/mol. The van der Waals surface area contributed by atoms with E-state index in [0.29, 0.717) is 5.56 Å². The Morgan fingerprint density at radius 1 is 1.00 bits per heavy atom. The summed E-state index contributed by atoms with van der Waals surface area (Å²) < 4.78 is 40.2. The largest absolute Gasteiger partial charge is 0.321 e. The number of hydrogen-bond donors (Lipinski definition) is 1. The number of hydrogen-bond acceptors (Lipinski definition) is 1. The van der Waals surface area contributed by atoms with Crippen molar-refractivity contribution in [3.63, 3.8) is 0 Å². The Labute approximate surface area is 130 Å². The second kappa shape index (κ2) is 5.87. The van der Waals surface area contributed by atoms with Crippen LogP contribution in [0.15, 0.2) is 30.3 Å². The number of rotatable bonds is 3. The molecule has 0 saturated heterocycles. The topological polar surface area (TPSA) is 26.0 Å². The van der Waals surface area contributed by atoms with E-state index >= 15 is 0 Å². The van der Waals surface area contributed by atoms with Crippen LogP contribution in [0.4, 0.5) is 13.2 Å². The van der Waals surface area contributed by atoms with Gasteiger partial charge in [-0.3, -0.25) is 0 Å². The van der Waals surface area contributed by atoms with Crippen molar-refractivity contribution in [3.05, 3.63) is 69.0 Å². The quantitative estimate of drug-likeness (QED) is 0.800. The van der Waals surface area contributed by atoms with Gasteiger partial charge in [0.1, 0.15) is 17.5 Å². The lowest BCUT2D eigenvalue weighted by molar-refractivity contribution is 0.469. The van der Waals surface area contributed by atoms with Crippen molar-refractivity contribution >= 4 is 23.2 Å². The van der Waals surface area contributed by atoms with Crippen LogP contribution < -0.4 is 5.73 Å². The molecule has 0 amide bonds. The van der Waals surface area contributed by atoms with Crippen LogP contribution in [0, 0.1) is 17.5 Å². The molecule has 0 fully saturated rings. The SMILES string of the molecule is CC(N)(Cc1ccc(F)cc1F)c1cc(F)c(Cl)cc1Cl. The van der Waals surface area contributed by atoms with E-state index in [4.69, 9.17) is 28.9 Å². The van der Waals surface area contributed by atoms with Crippen molar-refractivity contribution < 1.29 is 13.2 Å². The molecule has 2 aromatic rings. The first-order chi connectivity index (χ1) is 9.70. The predicted molar refractivity (Wildman–Crippen MR) is 78.0 cm³/mol. The van der Waals surface area contributed by atoms with Gasteiger partial charge in [-0.15, -0.1) is 0 Å². The van der Waals surface area contributed by atoms with Gasteiger partial charge in [0, 0.05) is 16.6 Å². The minimum Gasteiger partial charge on any atom is -0.321 e. The molecule has 2 rings (SSSR count). The maximum atomic E-state index is 13.7. The van der Waals surface area contributed by atoms with Crippen LogP contribution in [0.2, 0.25) is 10.0 Å². The maximum absolute atomic E-state index is 13.7. The standard InChI is InChI=1S/C15H12Cl2F3N/c1-15(21,7-8-2-3-9(18)4-13(8)19)10-5-14(20)12(17)6-11(10)16/h2-6H,7,21H2,1H3. The zero-order valence-corrected chi connectivity index (χ0v) is 12.6. The fourth-order valence-corrected chi connectivity index (χ4v) is 2.72. The first kappa shape index (κ1) is 16.1. The third-order valence-corrected chi connectivity index (χ3v) is 3.80. The molecule has 0 aromatic heterocycles. The summed E-state index contributed by atoms with van der Waals surface area (Å²) in [6, 6.07) is 5.59. The molecule has 2 aromatic carbocycles. The summed E-state index contributed by atoms with van der Waals surface area (Å²) in [7, 11) is 0. The highest BCUT2D eigenvalue weighted by Gasteiger charge is 2.27. The Bertz CT molecular complexity index is 687. The molecule has 1 unspecified atom stereocenters. The Morgan fingerprint density at radius 3 is 2.29 bits per heavy atom. The van der Waals surface area contributed by atoms with E-state index in [0.717, 1.165) is 18.2 Å². The first-order valence-corrected chi connectivity index (χ1v) is 6.84. The van der Waals surface area contributed by atoms with E-state index in [-0.39, 0.29) is 22.0 Å². The Balaban J connectivity index is 2.40. The smallest absolute Gasteiger partial charge is 0.142 e. The summed E-state index contributed by atoms with van der Waals surface area (Å²) in [6.45, 7) is 1.59. The van der Waals surface area contributed by atoms with Crippen LogP contribution >= 0.6 is 23.2 Å². The van der Waals surface area contributed by atoms with E-state index in [1.807, 2.05) is 0 Å². The van der Waals surface area contributed by atoms with Gasteiger partial charge in [-0.2, -0.15) is 0 Å². The van der Waals surface area contributed by atoms with E-state index in [2.05, 4.69) is 0 Å². The van der Waals surface area contributed by atoms with Gasteiger partial charge in [-0.05, 0) is 42.7 Å². The summed E-state index contributed by atoms with van der Waals surface area (Å²) in [4.78, 5) is 0. The third-order valence-electron chi connectivity index (χ3n) is 3.20. The van der Waals surface area contributed by atoms with Crippen LogP contribution in [0.3, 0.4) is 0 Å². The molecule has 0 spiro atoms. The Morgan fingerprint density at radius 2 is 1.67 bits per heavy atom. The predicted octanol–water partition coefficient (Wildman–Crippen LogP) is 4.83. The molecule has 2 N–H and O–H groups in total. The molecule has 0 heterocycles.